The van der Waals surface area contributed by atoms with Crippen LogP contribution in [0.2, 0.25) is 0 Å². The quantitative estimate of drug-likeness (QED) is 0.611. The number of aliphatic carboxylic acids is 1. The number of carbonyl (C=O) groups excluding carboxylic acids is 1. The van der Waals surface area contributed by atoms with Gasteiger partial charge in [-0.2, -0.15) is 0 Å². The van der Waals surface area contributed by atoms with Crippen LogP contribution in [-0.2, 0) is 21.4 Å². The second-order valence-corrected chi connectivity index (χ2v) is 7.06. The maximum absolute atomic E-state index is 12.6. The summed E-state index contributed by atoms with van der Waals surface area (Å²) in [5.74, 6) is -0.916. The number of nitro benzene ring substituents is 1. The number of aryl methyl sites for hydroxylation is 1. The number of nitro groups is 1. The first-order chi connectivity index (χ1) is 13.4. The summed E-state index contributed by atoms with van der Waals surface area (Å²) in [6, 6.07) is 15.4. The zero-order chi connectivity index (χ0) is 20.1. The molecule has 1 aliphatic heterocycles. The van der Waals surface area contributed by atoms with Gasteiger partial charge in [0.1, 0.15) is 0 Å². The summed E-state index contributed by atoms with van der Waals surface area (Å²) in [5.41, 5.74) is 0.560. The Bertz CT molecular complexity index is 873. The highest BCUT2D eigenvalue weighted by Crippen LogP contribution is 2.36. The molecule has 146 valence electrons. The average molecular weight is 382 g/mol. The fourth-order valence-electron chi connectivity index (χ4n) is 3.76. The predicted octanol–water partition coefficient (Wildman–Crippen LogP) is 3.17. The molecule has 1 N–H and O–H groups in total. The van der Waals surface area contributed by atoms with Gasteiger partial charge in [-0.25, -0.2) is 0 Å². The molecule has 0 bridgehead atoms. The minimum absolute atomic E-state index is 0.0111. The third-order valence-electron chi connectivity index (χ3n) is 5.45. The molecule has 1 amide bonds. The van der Waals surface area contributed by atoms with Crippen LogP contribution in [-0.4, -0.2) is 39.9 Å². The second kappa shape index (κ2) is 8.21. The SMILES string of the molecule is O=C(CCc1cccc([N+](=O)[O-])c1)N1CCC(C(=O)O)(c2ccccc2)CC1. The number of amides is 1. The molecule has 1 saturated heterocycles. The van der Waals surface area contributed by atoms with Gasteiger partial charge in [0.25, 0.3) is 5.69 Å². The Hall–Kier alpha value is -3.22. The zero-order valence-corrected chi connectivity index (χ0v) is 15.4. The van der Waals surface area contributed by atoms with Gasteiger partial charge < -0.3 is 10.0 Å². The van der Waals surface area contributed by atoms with Crippen LogP contribution in [0.15, 0.2) is 54.6 Å². The van der Waals surface area contributed by atoms with Gasteiger partial charge in [-0.05, 0) is 30.4 Å². The lowest BCUT2D eigenvalue weighted by molar-refractivity contribution is -0.384. The molecule has 0 saturated carbocycles. The summed E-state index contributed by atoms with van der Waals surface area (Å²) in [6.45, 7) is 0.768. The van der Waals surface area contributed by atoms with Crippen molar-refractivity contribution in [3.63, 3.8) is 0 Å². The third-order valence-corrected chi connectivity index (χ3v) is 5.45. The lowest BCUT2D eigenvalue weighted by atomic mass is 9.73. The van der Waals surface area contributed by atoms with Gasteiger partial charge in [-0.1, -0.05) is 42.5 Å². The smallest absolute Gasteiger partial charge is 0.314 e. The summed E-state index contributed by atoms with van der Waals surface area (Å²) < 4.78 is 0. The Morgan fingerprint density at radius 3 is 2.36 bits per heavy atom. The van der Waals surface area contributed by atoms with Crippen molar-refractivity contribution in [2.24, 2.45) is 0 Å². The Morgan fingerprint density at radius 2 is 1.75 bits per heavy atom. The molecule has 1 fully saturated rings. The van der Waals surface area contributed by atoms with E-state index < -0.39 is 16.3 Å². The van der Waals surface area contributed by atoms with E-state index in [1.54, 1.807) is 17.0 Å². The van der Waals surface area contributed by atoms with Crippen LogP contribution in [0.4, 0.5) is 5.69 Å². The number of hydrogen-bond donors (Lipinski definition) is 1. The molecule has 3 rings (SSSR count). The van der Waals surface area contributed by atoms with Crippen molar-refractivity contribution in [1.82, 2.24) is 4.90 Å². The monoisotopic (exact) mass is 382 g/mol. The number of hydrogen-bond acceptors (Lipinski definition) is 4. The highest BCUT2D eigenvalue weighted by Gasteiger charge is 2.43. The topological polar surface area (TPSA) is 101 Å². The summed E-state index contributed by atoms with van der Waals surface area (Å²) in [7, 11) is 0. The van der Waals surface area contributed by atoms with Gasteiger partial charge in [-0.3, -0.25) is 19.7 Å². The molecular weight excluding hydrogens is 360 g/mol. The van der Waals surface area contributed by atoms with E-state index in [1.807, 2.05) is 30.3 Å². The normalized spacial score (nSPS) is 15.8. The Morgan fingerprint density at radius 1 is 1.07 bits per heavy atom. The number of rotatable bonds is 6. The van der Waals surface area contributed by atoms with Gasteiger partial charge in [0.15, 0.2) is 0 Å². The van der Waals surface area contributed by atoms with Crippen molar-refractivity contribution >= 4 is 17.6 Å². The number of carboxylic acid groups (broad SMARTS) is 1. The maximum Gasteiger partial charge on any atom is 0.314 e. The van der Waals surface area contributed by atoms with Gasteiger partial charge in [0, 0.05) is 31.6 Å². The molecule has 0 atom stereocenters. The van der Waals surface area contributed by atoms with Crippen LogP contribution >= 0.6 is 0 Å². The molecule has 0 radical (unpaired) electrons. The van der Waals surface area contributed by atoms with Crippen LogP contribution < -0.4 is 0 Å². The number of carbonyl (C=O) groups is 2. The first-order valence-electron chi connectivity index (χ1n) is 9.22. The van der Waals surface area contributed by atoms with Crippen molar-refractivity contribution in [3.8, 4) is 0 Å². The molecule has 1 heterocycles. The van der Waals surface area contributed by atoms with E-state index in [-0.39, 0.29) is 18.0 Å². The number of likely N-dealkylation sites (tertiary alicyclic amines) is 1. The fourth-order valence-corrected chi connectivity index (χ4v) is 3.76. The molecule has 1 aliphatic rings. The molecule has 7 nitrogen and oxygen atoms in total. The average Bonchev–Trinajstić information content (AvgIpc) is 2.72. The summed E-state index contributed by atoms with van der Waals surface area (Å²) in [4.78, 5) is 36.6. The van der Waals surface area contributed by atoms with Crippen LogP contribution in [0.1, 0.15) is 30.4 Å². The highest BCUT2D eigenvalue weighted by molar-refractivity contribution is 5.82. The van der Waals surface area contributed by atoms with E-state index in [0.717, 1.165) is 11.1 Å². The van der Waals surface area contributed by atoms with Gasteiger partial charge in [0.05, 0.1) is 10.3 Å². The summed E-state index contributed by atoms with van der Waals surface area (Å²) in [5, 5.41) is 20.7. The molecule has 2 aromatic carbocycles. The first-order valence-corrected chi connectivity index (χ1v) is 9.22. The molecule has 0 unspecified atom stereocenters. The number of carboxylic acids is 1. The minimum Gasteiger partial charge on any atom is -0.481 e. The third kappa shape index (κ3) is 4.03. The summed E-state index contributed by atoms with van der Waals surface area (Å²) in [6.07, 6.45) is 1.40. The van der Waals surface area contributed by atoms with Gasteiger partial charge in [-0.15, -0.1) is 0 Å². The number of nitrogens with zero attached hydrogens (tertiary/aromatic N) is 2. The van der Waals surface area contributed by atoms with Gasteiger partial charge in [0.2, 0.25) is 5.91 Å². The Labute approximate surface area is 162 Å². The minimum atomic E-state index is -0.960. The van der Waals surface area contributed by atoms with E-state index in [2.05, 4.69) is 0 Å². The van der Waals surface area contributed by atoms with Crippen LogP contribution in [0.5, 0.6) is 0 Å². The molecule has 0 spiro atoms. The van der Waals surface area contributed by atoms with E-state index >= 15 is 0 Å². The van der Waals surface area contributed by atoms with E-state index in [0.29, 0.717) is 32.4 Å². The number of benzene rings is 2. The van der Waals surface area contributed by atoms with Crippen LogP contribution in [0.3, 0.4) is 0 Å². The number of non-ortho nitro benzene ring substituents is 1. The van der Waals surface area contributed by atoms with Crippen molar-refractivity contribution in [2.75, 3.05) is 13.1 Å². The van der Waals surface area contributed by atoms with Crippen LogP contribution in [0.25, 0.3) is 0 Å². The van der Waals surface area contributed by atoms with Crippen molar-refractivity contribution in [3.05, 3.63) is 75.8 Å². The van der Waals surface area contributed by atoms with E-state index in [4.69, 9.17) is 0 Å². The standard InChI is InChI=1S/C21H22N2O5/c24-19(10-9-16-5-4-8-18(15-16)23(27)28)22-13-11-21(12-14-22,20(25)26)17-6-2-1-3-7-17/h1-8,15H,9-14H2,(H,25,26). The largest absolute Gasteiger partial charge is 0.481 e. The molecule has 2 aromatic rings. The summed E-state index contributed by atoms with van der Waals surface area (Å²) >= 11 is 0. The van der Waals surface area contributed by atoms with Crippen LogP contribution in [0, 0.1) is 10.1 Å². The van der Waals surface area contributed by atoms with E-state index in [1.165, 1.54) is 12.1 Å². The van der Waals surface area contributed by atoms with Crippen molar-refractivity contribution in [1.29, 1.82) is 0 Å². The molecular formula is C21H22N2O5. The molecule has 7 heteroatoms. The molecule has 28 heavy (non-hydrogen) atoms. The molecule has 0 aliphatic carbocycles. The number of piperidine rings is 1. The maximum atomic E-state index is 12.6. The van der Waals surface area contributed by atoms with E-state index in [9.17, 15) is 24.8 Å². The first kappa shape index (κ1) is 19.5. The highest BCUT2D eigenvalue weighted by atomic mass is 16.6. The lowest BCUT2D eigenvalue weighted by Gasteiger charge is -2.39. The zero-order valence-electron chi connectivity index (χ0n) is 15.4. The second-order valence-electron chi connectivity index (χ2n) is 7.06. The fraction of sp³-hybridized carbons (Fsp3) is 0.333. The predicted molar refractivity (Wildman–Crippen MR) is 103 cm³/mol. The lowest BCUT2D eigenvalue weighted by Crippen LogP contribution is -2.49. The Kier molecular flexibility index (Phi) is 5.73. The van der Waals surface area contributed by atoms with Crippen molar-refractivity contribution in [2.45, 2.75) is 31.1 Å². The van der Waals surface area contributed by atoms with Gasteiger partial charge >= 0.3 is 5.97 Å². The molecule has 0 aromatic heterocycles. The Balaban J connectivity index is 1.61. The van der Waals surface area contributed by atoms with Crippen molar-refractivity contribution < 1.29 is 19.6 Å².